The third-order valence-corrected chi connectivity index (χ3v) is 7.12. The molecule has 44 heavy (non-hydrogen) atoms. The summed E-state index contributed by atoms with van der Waals surface area (Å²) in [6.45, 7) is 20.8. The summed E-state index contributed by atoms with van der Waals surface area (Å²) in [5, 5.41) is 0. The molecule has 0 bridgehead atoms. The topological polar surface area (TPSA) is 38.4 Å². The maximum Gasteiger partial charge on any atom is 0.270 e. The number of allylic oxidation sites excluding steroid dienone is 1. The second-order valence-electron chi connectivity index (χ2n) is 10.8. The number of benzene rings is 4. The molecular weight excluding hydrogens is 546 g/mol. The Morgan fingerprint density at radius 2 is 1.45 bits per heavy atom. The van der Waals surface area contributed by atoms with Crippen molar-refractivity contribution >= 4 is 22.7 Å². The monoisotopic (exact) mass is 594 g/mol. The first kappa shape index (κ1) is 35.9. The number of para-hydroxylation sites is 1. The van der Waals surface area contributed by atoms with Gasteiger partial charge >= 0.3 is 0 Å². The van der Waals surface area contributed by atoms with Crippen LogP contribution >= 0.6 is 0 Å². The van der Waals surface area contributed by atoms with E-state index < -0.39 is 5.92 Å². The zero-order valence-corrected chi connectivity index (χ0v) is 27.5. The van der Waals surface area contributed by atoms with E-state index in [0.29, 0.717) is 11.3 Å². The van der Waals surface area contributed by atoms with Crippen LogP contribution in [0.3, 0.4) is 0 Å². The summed E-state index contributed by atoms with van der Waals surface area (Å²) < 4.78 is 28.5. The predicted molar refractivity (Wildman–Crippen MR) is 189 cm³/mol. The average Bonchev–Trinajstić information content (AvgIpc) is 3.01. The van der Waals surface area contributed by atoms with Crippen LogP contribution in [0.15, 0.2) is 109 Å². The van der Waals surface area contributed by atoms with Gasteiger partial charge in [0, 0.05) is 29.5 Å². The van der Waals surface area contributed by atoms with Gasteiger partial charge in [0.25, 0.3) is 5.92 Å². The number of nitrogens with two attached hydrogens (primary N) is 1. The number of aryl methyl sites for hydroxylation is 2. The number of hydrogen-bond donors (Lipinski definition) is 1. The molecule has 0 aliphatic carbocycles. The summed E-state index contributed by atoms with van der Waals surface area (Å²) in [6, 6.07) is 28.8. The number of halogens is 2. The second-order valence-corrected chi connectivity index (χ2v) is 10.8. The molecule has 0 radical (unpaired) electrons. The first-order valence-corrected chi connectivity index (χ1v) is 15.3. The highest BCUT2D eigenvalue weighted by molar-refractivity contribution is 6.06. The van der Waals surface area contributed by atoms with Gasteiger partial charge < -0.3 is 5.73 Å². The molecule has 4 rings (SSSR count). The third kappa shape index (κ3) is 10.2. The summed E-state index contributed by atoms with van der Waals surface area (Å²) in [5.41, 5.74) is 15.0. The lowest BCUT2D eigenvalue weighted by Crippen LogP contribution is -2.09. The summed E-state index contributed by atoms with van der Waals surface area (Å²) in [6.07, 6.45) is 3.83. The van der Waals surface area contributed by atoms with Crippen LogP contribution in [0, 0.1) is 6.92 Å². The number of rotatable bonds is 9. The Hall–Kier alpha value is -4.31. The highest BCUT2D eigenvalue weighted by Gasteiger charge is 2.26. The van der Waals surface area contributed by atoms with E-state index in [0.717, 1.165) is 51.7 Å². The van der Waals surface area contributed by atoms with Gasteiger partial charge in [-0.3, -0.25) is 4.99 Å². The summed E-state index contributed by atoms with van der Waals surface area (Å²) in [4.78, 5) is 4.80. The molecule has 0 fully saturated rings. The average molecular weight is 595 g/mol. The van der Waals surface area contributed by atoms with Gasteiger partial charge in [0.05, 0.1) is 5.69 Å². The fraction of sp³-hybridized carbons (Fsp3) is 0.275. The molecule has 0 saturated heterocycles. The standard InChI is InChI=1S/C28H28F2N2.C10H14.C2H6/c1-17(2)25-15-21(19(4)31)11-13-24(25)26-16-22(28(6,29)30)12-14-23(26)20(5)32-27-10-8-7-9-18(27)3;1-2-3-7-10-8-5-4-6-9-10;1-2/h7-16H,1,4,31H2,2-3,5-6H3;4-6,8-9H,2-3,7H2,1H3;1-2H3. The Labute approximate surface area is 264 Å². The predicted octanol–water partition coefficient (Wildman–Crippen LogP) is 11.9. The number of aliphatic imine (C=N–C) groups is 1. The van der Waals surface area contributed by atoms with E-state index in [1.807, 2.05) is 77.1 Å². The highest BCUT2D eigenvalue weighted by atomic mass is 19.3. The van der Waals surface area contributed by atoms with Gasteiger partial charge in [-0.2, -0.15) is 0 Å². The van der Waals surface area contributed by atoms with Crippen molar-refractivity contribution in [1.82, 2.24) is 0 Å². The van der Waals surface area contributed by atoms with Gasteiger partial charge in [0.1, 0.15) is 0 Å². The molecule has 0 amide bonds. The first-order valence-electron chi connectivity index (χ1n) is 15.3. The molecule has 2 nitrogen and oxygen atoms in total. The van der Waals surface area contributed by atoms with Gasteiger partial charge in [-0.05, 0) is 85.2 Å². The van der Waals surface area contributed by atoms with Crippen LogP contribution in [0.2, 0.25) is 0 Å². The van der Waals surface area contributed by atoms with E-state index in [-0.39, 0.29) is 5.56 Å². The summed E-state index contributed by atoms with van der Waals surface area (Å²) >= 11 is 0. The van der Waals surface area contributed by atoms with Gasteiger partial charge in [0.2, 0.25) is 0 Å². The second kappa shape index (κ2) is 17.1. The molecule has 0 aliphatic rings. The van der Waals surface area contributed by atoms with Crippen molar-refractivity contribution in [1.29, 1.82) is 0 Å². The van der Waals surface area contributed by atoms with Gasteiger partial charge in [0.15, 0.2) is 0 Å². The van der Waals surface area contributed by atoms with Crippen LogP contribution in [0.1, 0.15) is 87.8 Å². The van der Waals surface area contributed by atoms with Crippen molar-refractivity contribution in [2.45, 2.75) is 73.7 Å². The van der Waals surface area contributed by atoms with Crippen molar-refractivity contribution < 1.29 is 8.78 Å². The van der Waals surface area contributed by atoms with E-state index in [2.05, 4.69) is 50.4 Å². The van der Waals surface area contributed by atoms with Crippen LogP contribution in [0.4, 0.5) is 14.5 Å². The molecule has 0 unspecified atom stereocenters. The normalized spacial score (nSPS) is 11.1. The van der Waals surface area contributed by atoms with E-state index >= 15 is 0 Å². The summed E-state index contributed by atoms with van der Waals surface area (Å²) in [5.74, 6) is -2.97. The minimum absolute atomic E-state index is 0.0556. The van der Waals surface area contributed by atoms with Crippen LogP contribution in [0.25, 0.3) is 22.4 Å². The fourth-order valence-corrected chi connectivity index (χ4v) is 4.64. The van der Waals surface area contributed by atoms with Crippen LogP contribution in [-0.2, 0) is 12.3 Å². The zero-order chi connectivity index (χ0) is 32.9. The molecule has 4 aromatic carbocycles. The van der Waals surface area contributed by atoms with E-state index in [4.69, 9.17) is 10.7 Å². The lowest BCUT2D eigenvalue weighted by molar-refractivity contribution is 0.0175. The van der Waals surface area contributed by atoms with E-state index in [1.165, 1.54) is 30.9 Å². The molecule has 4 aromatic rings. The van der Waals surface area contributed by atoms with Crippen LogP contribution in [0.5, 0.6) is 0 Å². The molecule has 0 heterocycles. The number of nitrogens with zero attached hydrogens (tertiary/aromatic N) is 1. The van der Waals surface area contributed by atoms with Gasteiger partial charge in [-0.15, -0.1) is 0 Å². The Kier molecular flexibility index (Phi) is 13.9. The summed E-state index contributed by atoms with van der Waals surface area (Å²) in [7, 11) is 0. The van der Waals surface area contributed by atoms with Crippen molar-refractivity contribution in [3.63, 3.8) is 0 Å². The van der Waals surface area contributed by atoms with Gasteiger partial charge in [-0.1, -0.05) is 119 Å². The minimum atomic E-state index is -2.97. The molecule has 0 aromatic heterocycles. The Balaban J connectivity index is 0.000000473. The number of alkyl halides is 2. The fourth-order valence-electron chi connectivity index (χ4n) is 4.64. The SMILES string of the molecule is C=C(N)c1ccc(-c2cc(C(C)(F)F)ccc2C(C)=Nc2ccccc2C)c(C(=C)C)c1.CC.CCCCc1ccccc1. The number of unbranched alkanes of at least 4 members (excludes halogenated alkanes) is 1. The molecule has 232 valence electrons. The molecule has 2 N–H and O–H groups in total. The zero-order valence-electron chi connectivity index (χ0n) is 27.5. The lowest BCUT2D eigenvalue weighted by Gasteiger charge is -2.19. The molecule has 0 atom stereocenters. The molecular formula is C40H48F2N2. The Morgan fingerprint density at radius 3 is 2.02 bits per heavy atom. The molecule has 0 aliphatic heterocycles. The maximum absolute atomic E-state index is 14.2. The molecule has 4 heteroatoms. The Morgan fingerprint density at radius 1 is 0.818 bits per heavy atom. The van der Waals surface area contributed by atoms with Crippen LogP contribution < -0.4 is 5.73 Å². The van der Waals surface area contributed by atoms with Crippen molar-refractivity contribution in [2.75, 3.05) is 0 Å². The third-order valence-electron chi connectivity index (χ3n) is 7.12. The number of hydrogen-bond acceptors (Lipinski definition) is 2. The molecule has 0 spiro atoms. The smallest absolute Gasteiger partial charge is 0.270 e. The van der Waals surface area contributed by atoms with Crippen molar-refractivity contribution in [2.24, 2.45) is 10.7 Å². The highest BCUT2D eigenvalue weighted by Crippen LogP contribution is 2.37. The Bertz CT molecular complexity index is 1560. The van der Waals surface area contributed by atoms with E-state index in [9.17, 15) is 8.78 Å². The van der Waals surface area contributed by atoms with Gasteiger partial charge in [-0.25, -0.2) is 8.78 Å². The quantitative estimate of drug-likeness (QED) is 0.192. The largest absolute Gasteiger partial charge is 0.399 e. The van der Waals surface area contributed by atoms with Crippen molar-refractivity contribution in [3.05, 3.63) is 138 Å². The van der Waals surface area contributed by atoms with Crippen LogP contribution in [-0.4, -0.2) is 5.71 Å². The minimum Gasteiger partial charge on any atom is -0.399 e. The lowest BCUT2D eigenvalue weighted by atomic mass is 9.88. The first-order chi connectivity index (χ1) is 20.9. The van der Waals surface area contributed by atoms with Crippen molar-refractivity contribution in [3.8, 4) is 11.1 Å². The molecule has 0 saturated carbocycles. The van der Waals surface area contributed by atoms with E-state index in [1.54, 1.807) is 12.1 Å². The maximum atomic E-state index is 14.2.